The summed E-state index contributed by atoms with van der Waals surface area (Å²) in [5.74, 6) is 0.912. The highest BCUT2D eigenvalue weighted by Crippen LogP contribution is 2.28. The van der Waals surface area contributed by atoms with E-state index in [4.69, 9.17) is 0 Å². The van der Waals surface area contributed by atoms with Gasteiger partial charge in [0.15, 0.2) is 0 Å². The number of rotatable bonds is 3. The molecule has 0 radical (unpaired) electrons. The van der Waals surface area contributed by atoms with E-state index < -0.39 is 0 Å². The van der Waals surface area contributed by atoms with Crippen LogP contribution >= 0.6 is 15.9 Å². The third kappa shape index (κ3) is 4.46. The van der Waals surface area contributed by atoms with Crippen LogP contribution in [0.5, 0.6) is 0 Å². The van der Waals surface area contributed by atoms with Crippen LogP contribution in [0.2, 0.25) is 0 Å². The fourth-order valence-corrected chi connectivity index (χ4v) is 1.60. The van der Waals surface area contributed by atoms with Crippen LogP contribution < -0.4 is 5.32 Å². The number of nitrogens with zero attached hydrogens (tertiary/aromatic N) is 1. The SMILES string of the molecule is CC(CC(=O)Nc1ncccc1Br)C(C)(C)C. The van der Waals surface area contributed by atoms with Crippen molar-refractivity contribution in [3.8, 4) is 0 Å². The van der Waals surface area contributed by atoms with Gasteiger partial charge in [0.25, 0.3) is 0 Å². The van der Waals surface area contributed by atoms with Crippen molar-refractivity contribution < 1.29 is 4.79 Å². The lowest BCUT2D eigenvalue weighted by Crippen LogP contribution is -2.24. The molecule has 1 amide bonds. The molecule has 0 fully saturated rings. The van der Waals surface area contributed by atoms with E-state index in [9.17, 15) is 4.79 Å². The van der Waals surface area contributed by atoms with Crippen molar-refractivity contribution >= 4 is 27.7 Å². The molecule has 1 heterocycles. The maximum atomic E-state index is 11.8. The molecule has 94 valence electrons. The summed E-state index contributed by atoms with van der Waals surface area (Å²) in [5, 5.41) is 2.82. The van der Waals surface area contributed by atoms with Gasteiger partial charge in [-0.1, -0.05) is 27.7 Å². The van der Waals surface area contributed by atoms with Gasteiger partial charge in [-0.2, -0.15) is 0 Å². The second-order valence-electron chi connectivity index (χ2n) is 5.35. The Kier molecular flexibility index (Phi) is 4.69. The number of carbonyl (C=O) groups excluding carboxylic acids is 1. The van der Waals surface area contributed by atoms with Crippen molar-refractivity contribution in [2.24, 2.45) is 11.3 Å². The molecular formula is C13H19BrN2O. The van der Waals surface area contributed by atoms with Crippen LogP contribution in [0.25, 0.3) is 0 Å². The van der Waals surface area contributed by atoms with Gasteiger partial charge in [0.2, 0.25) is 5.91 Å². The molecule has 17 heavy (non-hydrogen) atoms. The molecule has 0 aliphatic rings. The number of hydrogen-bond acceptors (Lipinski definition) is 2. The van der Waals surface area contributed by atoms with E-state index in [0.717, 1.165) is 4.47 Å². The Morgan fingerprint density at radius 1 is 1.53 bits per heavy atom. The Hall–Kier alpha value is -0.900. The first-order valence-electron chi connectivity index (χ1n) is 5.71. The molecule has 1 rings (SSSR count). The lowest BCUT2D eigenvalue weighted by molar-refractivity contribution is -0.117. The highest BCUT2D eigenvalue weighted by Gasteiger charge is 2.22. The summed E-state index contributed by atoms with van der Waals surface area (Å²) in [5.41, 5.74) is 0.138. The summed E-state index contributed by atoms with van der Waals surface area (Å²) in [6.07, 6.45) is 2.17. The Bertz CT molecular complexity index is 399. The van der Waals surface area contributed by atoms with Gasteiger partial charge in [0.1, 0.15) is 5.82 Å². The lowest BCUT2D eigenvalue weighted by Gasteiger charge is -2.26. The highest BCUT2D eigenvalue weighted by molar-refractivity contribution is 9.10. The van der Waals surface area contributed by atoms with Crippen molar-refractivity contribution in [1.82, 2.24) is 4.98 Å². The van der Waals surface area contributed by atoms with Crippen molar-refractivity contribution in [3.05, 3.63) is 22.8 Å². The van der Waals surface area contributed by atoms with Crippen LogP contribution in [0.4, 0.5) is 5.82 Å². The number of anilines is 1. The zero-order valence-corrected chi connectivity index (χ0v) is 12.3. The molecule has 0 aliphatic carbocycles. The molecule has 1 aromatic heterocycles. The lowest BCUT2D eigenvalue weighted by atomic mass is 9.80. The Balaban J connectivity index is 2.60. The van der Waals surface area contributed by atoms with Gasteiger partial charge >= 0.3 is 0 Å². The number of carbonyl (C=O) groups is 1. The van der Waals surface area contributed by atoms with E-state index in [2.05, 4.69) is 53.9 Å². The Labute approximate surface area is 111 Å². The molecule has 3 nitrogen and oxygen atoms in total. The third-order valence-corrected chi connectivity index (χ3v) is 3.63. The molecule has 0 aliphatic heterocycles. The smallest absolute Gasteiger partial charge is 0.225 e. The second kappa shape index (κ2) is 5.63. The molecule has 0 aromatic carbocycles. The van der Waals surface area contributed by atoms with Gasteiger partial charge in [-0.3, -0.25) is 4.79 Å². The van der Waals surface area contributed by atoms with Crippen LogP contribution in [-0.2, 0) is 4.79 Å². The molecular weight excluding hydrogens is 280 g/mol. The maximum Gasteiger partial charge on any atom is 0.225 e. The first-order chi connectivity index (χ1) is 7.80. The van der Waals surface area contributed by atoms with E-state index in [1.165, 1.54) is 0 Å². The zero-order chi connectivity index (χ0) is 13.1. The summed E-state index contributed by atoms with van der Waals surface area (Å²) < 4.78 is 0.803. The fraction of sp³-hybridized carbons (Fsp3) is 0.538. The minimum atomic E-state index is 0.00632. The largest absolute Gasteiger partial charge is 0.310 e. The number of aromatic nitrogens is 1. The average molecular weight is 299 g/mol. The molecule has 1 unspecified atom stereocenters. The van der Waals surface area contributed by atoms with Gasteiger partial charge < -0.3 is 5.32 Å². The predicted octanol–water partition coefficient (Wildman–Crippen LogP) is 3.85. The van der Waals surface area contributed by atoms with Crippen LogP contribution in [0, 0.1) is 11.3 Å². The summed E-state index contributed by atoms with van der Waals surface area (Å²) in [6.45, 7) is 8.51. The molecule has 0 saturated carbocycles. The van der Waals surface area contributed by atoms with Crippen LogP contribution in [0.15, 0.2) is 22.8 Å². The molecule has 1 aromatic rings. The van der Waals surface area contributed by atoms with Gasteiger partial charge in [0.05, 0.1) is 4.47 Å². The number of pyridine rings is 1. The zero-order valence-electron chi connectivity index (χ0n) is 10.7. The van der Waals surface area contributed by atoms with Crippen LogP contribution in [0.3, 0.4) is 0 Å². The summed E-state index contributed by atoms with van der Waals surface area (Å²) in [7, 11) is 0. The molecule has 1 atom stereocenters. The number of amides is 1. The van der Waals surface area contributed by atoms with Crippen LogP contribution in [0.1, 0.15) is 34.1 Å². The van der Waals surface area contributed by atoms with Crippen molar-refractivity contribution in [2.75, 3.05) is 5.32 Å². The predicted molar refractivity (Wildman–Crippen MR) is 73.8 cm³/mol. The average Bonchev–Trinajstić information content (AvgIpc) is 2.20. The Morgan fingerprint density at radius 2 is 2.18 bits per heavy atom. The molecule has 0 bridgehead atoms. The normalized spacial score (nSPS) is 13.2. The molecule has 4 heteroatoms. The number of nitrogens with one attached hydrogen (secondary N) is 1. The minimum Gasteiger partial charge on any atom is -0.310 e. The molecule has 0 spiro atoms. The first-order valence-corrected chi connectivity index (χ1v) is 6.50. The maximum absolute atomic E-state index is 11.8. The van der Waals surface area contributed by atoms with Gasteiger partial charge in [-0.25, -0.2) is 4.98 Å². The number of hydrogen-bond donors (Lipinski definition) is 1. The van der Waals surface area contributed by atoms with E-state index in [-0.39, 0.29) is 11.3 Å². The number of halogens is 1. The monoisotopic (exact) mass is 298 g/mol. The van der Waals surface area contributed by atoms with E-state index in [1.807, 2.05) is 12.1 Å². The van der Waals surface area contributed by atoms with Crippen molar-refractivity contribution in [3.63, 3.8) is 0 Å². The minimum absolute atomic E-state index is 0.00632. The van der Waals surface area contributed by atoms with Gasteiger partial charge in [-0.15, -0.1) is 0 Å². The van der Waals surface area contributed by atoms with Crippen molar-refractivity contribution in [2.45, 2.75) is 34.1 Å². The highest BCUT2D eigenvalue weighted by atomic mass is 79.9. The van der Waals surface area contributed by atoms with Gasteiger partial charge in [-0.05, 0) is 39.4 Å². The van der Waals surface area contributed by atoms with Crippen LogP contribution in [-0.4, -0.2) is 10.9 Å². The topological polar surface area (TPSA) is 42.0 Å². The Morgan fingerprint density at radius 3 is 2.71 bits per heavy atom. The van der Waals surface area contributed by atoms with Gasteiger partial charge in [0, 0.05) is 12.6 Å². The van der Waals surface area contributed by atoms with E-state index in [1.54, 1.807) is 6.20 Å². The molecule has 1 N–H and O–H groups in total. The summed E-state index contributed by atoms with van der Waals surface area (Å²) in [4.78, 5) is 16.0. The van der Waals surface area contributed by atoms with Crippen molar-refractivity contribution in [1.29, 1.82) is 0 Å². The molecule has 0 saturated heterocycles. The summed E-state index contributed by atoms with van der Waals surface area (Å²) >= 11 is 3.35. The summed E-state index contributed by atoms with van der Waals surface area (Å²) in [6, 6.07) is 3.67. The first kappa shape index (κ1) is 14.2. The second-order valence-corrected chi connectivity index (χ2v) is 6.21. The third-order valence-electron chi connectivity index (χ3n) is 2.99. The quantitative estimate of drug-likeness (QED) is 0.921. The fourth-order valence-electron chi connectivity index (χ4n) is 1.25. The van der Waals surface area contributed by atoms with E-state index >= 15 is 0 Å². The standard InChI is InChI=1S/C13H19BrN2O/c1-9(13(2,3)4)8-11(17)16-12-10(14)6-5-7-15-12/h5-7,9H,8H2,1-4H3,(H,15,16,17). The van der Waals surface area contributed by atoms with E-state index in [0.29, 0.717) is 18.2 Å².